The van der Waals surface area contributed by atoms with Gasteiger partial charge in [0.1, 0.15) is 11.5 Å². The van der Waals surface area contributed by atoms with Crippen molar-refractivity contribution in [2.75, 3.05) is 7.11 Å². The molecule has 0 atom stereocenters. The average Bonchev–Trinajstić information content (AvgIpc) is 2.71. The summed E-state index contributed by atoms with van der Waals surface area (Å²) in [6, 6.07) is 15.9. The number of aromatic nitrogens is 1. The van der Waals surface area contributed by atoms with Crippen LogP contribution in [0.1, 0.15) is 58.2 Å². The van der Waals surface area contributed by atoms with E-state index in [1.165, 1.54) is 17.2 Å². The number of carbonyl (C=O) groups excluding carboxylic acids is 1. The summed E-state index contributed by atoms with van der Waals surface area (Å²) in [6.07, 6.45) is 1.33. The van der Waals surface area contributed by atoms with Gasteiger partial charge < -0.3 is 9.84 Å². The van der Waals surface area contributed by atoms with Gasteiger partial charge in [-0.25, -0.2) is 0 Å². The summed E-state index contributed by atoms with van der Waals surface area (Å²) in [7, 11) is 1.68. The number of aliphatic hydroxyl groups excluding tert-OH is 1. The molecule has 1 aromatic heterocycles. The summed E-state index contributed by atoms with van der Waals surface area (Å²) >= 11 is 0. The number of hydrogen-bond acceptors (Lipinski definition) is 4. The van der Waals surface area contributed by atoms with E-state index < -0.39 is 5.41 Å². The molecule has 0 aliphatic heterocycles. The minimum absolute atomic E-state index is 0. The Kier molecular flexibility index (Phi) is 10.4. The summed E-state index contributed by atoms with van der Waals surface area (Å²) < 4.78 is 5.54. The number of pyridine rings is 1. The van der Waals surface area contributed by atoms with Gasteiger partial charge in [-0.1, -0.05) is 67.5 Å². The van der Waals surface area contributed by atoms with Crippen LogP contribution in [0.25, 0.3) is 22.2 Å². The van der Waals surface area contributed by atoms with Crippen LogP contribution in [0.3, 0.4) is 0 Å². The van der Waals surface area contributed by atoms with Crippen LogP contribution in [-0.2, 0) is 24.9 Å². The molecule has 0 bridgehead atoms. The number of ether oxygens (including phenoxy) is 1. The van der Waals surface area contributed by atoms with Gasteiger partial charge in [0.2, 0.25) is 0 Å². The third-order valence-electron chi connectivity index (χ3n) is 5.34. The molecule has 0 saturated heterocycles. The molecule has 1 heterocycles. The van der Waals surface area contributed by atoms with Crippen LogP contribution in [0.15, 0.2) is 48.2 Å². The van der Waals surface area contributed by atoms with Gasteiger partial charge in [0.15, 0.2) is 5.78 Å². The zero-order valence-corrected chi connectivity index (χ0v) is 25.0. The molecule has 0 amide bonds. The van der Waals surface area contributed by atoms with Crippen LogP contribution < -0.4 is 4.74 Å². The molecule has 35 heavy (non-hydrogen) atoms. The monoisotopic (exact) mass is 653 g/mol. The maximum atomic E-state index is 11.5. The molecule has 191 valence electrons. The van der Waals surface area contributed by atoms with Crippen LogP contribution in [0.4, 0.5) is 0 Å². The number of aryl methyl sites for hydroxylation is 3. The fourth-order valence-corrected chi connectivity index (χ4v) is 3.19. The van der Waals surface area contributed by atoms with Crippen LogP contribution in [0.5, 0.6) is 5.75 Å². The molecule has 0 aliphatic rings. The van der Waals surface area contributed by atoms with Gasteiger partial charge in [-0.15, -0.1) is 34.9 Å². The SMILES string of the molecule is CC(C)(C)C(=O)/C=C(\O)C(C)(C)C.COc1cc2ccc(C)cc2nc1-c1[c-]c(C)cc(C)c1.[Ir]. The fourth-order valence-electron chi connectivity index (χ4n) is 3.19. The molecular formula is C30H38IrNO3-. The van der Waals surface area contributed by atoms with E-state index in [-0.39, 0.29) is 37.1 Å². The number of methoxy groups -OCH3 is 1. The van der Waals surface area contributed by atoms with E-state index in [0.29, 0.717) is 0 Å². The first-order valence-corrected chi connectivity index (χ1v) is 11.5. The number of ketones is 1. The molecule has 3 rings (SSSR count). The van der Waals surface area contributed by atoms with Crippen molar-refractivity contribution < 1.29 is 34.7 Å². The Morgan fingerprint density at radius 3 is 2.09 bits per heavy atom. The van der Waals surface area contributed by atoms with Gasteiger partial charge in [0.25, 0.3) is 0 Å². The van der Waals surface area contributed by atoms with E-state index in [2.05, 4.69) is 50.2 Å². The van der Waals surface area contributed by atoms with Gasteiger partial charge in [-0.3, -0.25) is 9.78 Å². The summed E-state index contributed by atoms with van der Waals surface area (Å²) in [5, 5.41) is 10.6. The quantitative estimate of drug-likeness (QED) is 0.179. The van der Waals surface area contributed by atoms with E-state index in [1.54, 1.807) is 7.11 Å². The Morgan fingerprint density at radius 2 is 1.57 bits per heavy atom. The van der Waals surface area contributed by atoms with E-state index in [4.69, 9.17) is 9.72 Å². The molecule has 0 fully saturated rings. The number of allylic oxidation sites excluding steroid dienone is 2. The van der Waals surface area contributed by atoms with Gasteiger partial charge in [0, 0.05) is 48.1 Å². The minimum Gasteiger partial charge on any atom is -0.512 e. The fraction of sp³-hybridized carbons (Fsp3) is 0.400. The van der Waals surface area contributed by atoms with Gasteiger partial charge in [0.05, 0.1) is 12.6 Å². The van der Waals surface area contributed by atoms with Crippen molar-refractivity contribution in [3.05, 3.63) is 71.0 Å². The smallest absolute Gasteiger partial charge is 0.164 e. The van der Waals surface area contributed by atoms with Crippen molar-refractivity contribution in [1.82, 2.24) is 4.98 Å². The third-order valence-corrected chi connectivity index (χ3v) is 5.34. The number of aliphatic hydroxyl groups is 1. The normalized spacial score (nSPS) is 11.9. The summed E-state index contributed by atoms with van der Waals surface area (Å²) in [5.74, 6) is 0.889. The van der Waals surface area contributed by atoms with E-state index >= 15 is 0 Å². The van der Waals surface area contributed by atoms with Crippen molar-refractivity contribution in [2.24, 2.45) is 10.8 Å². The molecule has 5 heteroatoms. The molecular weight excluding hydrogens is 615 g/mol. The molecule has 0 unspecified atom stereocenters. The number of nitrogens with zero attached hydrogens (tertiary/aromatic N) is 1. The largest absolute Gasteiger partial charge is 0.512 e. The Labute approximate surface area is 224 Å². The number of benzene rings is 2. The van der Waals surface area contributed by atoms with Crippen LogP contribution in [0, 0.1) is 37.7 Å². The molecule has 4 nitrogen and oxygen atoms in total. The number of hydrogen-bond donors (Lipinski definition) is 1. The summed E-state index contributed by atoms with van der Waals surface area (Å²) in [5.41, 5.74) is 5.57. The Hall–Kier alpha value is -2.49. The van der Waals surface area contributed by atoms with Crippen molar-refractivity contribution in [2.45, 2.75) is 62.3 Å². The number of fused-ring (bicyclic) bond motifs is 1. The maximum absolute atomic E-state index is 11.5. The Bertz CT molecular complexity index is 1190. The summed E-state index contributed by atoms with van der Waals surface area (Å²) in [6.45, 7) is 17.3. The molecule has 0 saturated carbocycles. The van der Waals surface area contributed by atoms with Crippen molar-refractivity contribution >= 4 is 16.7 Å². The number of rotatable bonds is 3. The Balaban J connectivity index is 0.000000383. The van der Waals surface area contributed by atoms with Crippen molar-refractivity contribution in [1.29, 1.82) is 0 Å². The van der Waals surface area contributed by atoms with Crippen molar-refractivity contribution in [3.63, 3.8) is 0 Å². The second kappa shape index (κ2) is 12.0. The standard InChI is InChI=1S/C19H18NO.C11H20O2.Ir/c1-12-5-6-15-11-18(21-4)19(20-17(15)10-12)16-8-13(2)7-14(3)9-16;1-10(2,3)8(12)7-9(13)11(4,5)6;/h5-8,10-11H,1-4H3;7,12H,1-6H3;/q-1;;/b;8-7-;. The second-order valence-corrected chi connectivity index (χ2v) is 10.9. The van der Waals surface area contributed by atoms with Gasteiger partial charge in [-0.05, 0) is 24.6 Å². The van der Waals surface area contributed by atoms with Gasteiger partial charge in [-0.2, -0.15) is 0 Å². The zero-order valence-electron chi connectivity index (χ0n) is 22.6. The first-order chi connectivity index (χ1) is 15.6. The van der Waals surface area contributed by atoms with E-state index in [0.717, 1.165) is 33.5 Å². The maximum Gasteiger partial charge on any atom is 0.164 e. The molecule has 0 spiro atoms. The van der Waals surface area contributed by atoms with E-state index in [1.807, 2.05) is 54.5 Å². The second-order valence-electron chi connectivity index (χ2n) is 10.9. The van der Waals surface area contributed by atoms with Crippen LogP contribution in [0.2, 0.25) is 0 Å². The first-order valence-electron chi connectivity index (χ1n) is 11.5. The molecule has 0 aliphatic carbocycles. The minimum atomic E-state index is -0.417. The zero-order chi connectivity index (χ0) is 25.8. The number of carbonyl (C=O) groups is 1. The topological polar surface area (TPSA) is 59.4 Å². The van der Waals surface area contributed by atoms with E-state index in [9.17, 15) is 9.90 Å². The van der Waals surface area contributed by atoms with Crippen LogP contribution in [-0.4, -0.2) is 23.0 Å². The molecule has 2 aromatic carbocycles. The molecule has 3 aromatic rings. The molecule has 1 radical (unpaired) electrons. The third kappa shape index (κ3) is 8.59. The predicted molar refractivity (Wildman–Crippen MR) is 141 cm³/mol. The predicted octanol–water partition coefficient (Wildman–Crippen LogP) is 7.72. The van der Waals surface area contributed by atoms with Crippen molar-refractivity contribution in [3.8, 4) is 17.0 Å². The molecule has 1 N–H and O–H groups in total. The summed E-state index contributed by atoms with van der Waals surface area (Å²) in [4.78, 5) is 16.3. The van der Waals surface area contributed by atoms with Crippen LogP contribution >= 0.6 is 0 Å². The Morgan fingerprint density at radius 1 is 0.943 bits per heavy atom. The average molecular weight is 653 g/mol. The first kappa shape index (κ1) is 30.5. The van der Waals surface area contributed by atoms with Gasteiger partial charge >= 0.3 is 0 Å².